The molecule has 0 aliphatic heterocycles. The lowest BCUT2D eigenvalue weighted by Gasteiger charge is -2.08. The van der Waals surface area contributed by atoms with Crippen LogP contribution in [-0.2, 0) is 6.54 Å². The summed E-state index contributed by atoms with van der Waals surface area (Å²) in [6.45, 7) is 1.91. The van der Waals surface area contributed by atoms with Gasteiger partial charge < -0.3 is 10.5 Å². The summed E-state index contributed by atoms with van der Waals surface area (Å²) in [5, 5.41) is 0. The van der Waals surface area contributed by atoms with E-state index in [1.54, 1.807) is 19.2 Å². The Morgan fingerprint density at radius 3 is 2.76 bits per heavy atom. The predicted molar refractivity (Wildman–Crippen MR) is 61.1 cm³/mol. The van der Waals surface area contributed by atoms with Crippen LogP contribution in [0.25, 0.3) is 0 Å². The maximum Gasteiger partial charge on any atom is 0.242 e. The standard InChI is InChI=1S/C12H12FN3O/c1-8-6-9(2-3-10(8)13)17-12-11(7-14)15-4-5-16-12/h2-6H,7,14H2,1H3. The number of aryl methyl sites for hydroxylation is 1. The first-order valence-electron chi connectivity index (χ1n) is 5.14. The lowest BCUT2D eigenvalue weighted by Crippen LogP contribution is -2.03. The zero-order chi connectivity index (χ0) is 12.3. The number of hydrogen-bond donors (Lipinski definition) is 1. The highest BCUT2D eigenvalue weighted by atomic mass is 19.1. The number of hydrogen-bond acceptors (Lipinski definition) is 4. The zero-order valence-electron chi connectivity index (χ0n) is 9.35. The van der Waals surface area contributed by atoms with E-state index < -0.39 is 0 Å². The van der Waals surface area contributed by atoms with Gasteiger partial charge in [-0.15, -0.1) is 0 Å². The van der Waals surface area contributed by atoms with Gasteiger partial charge in [0.1, 0.15) is 17.3 Å². The largest absolute Gasteiger partial charge is 0.437 e. The fourth-order valence-electron chi connectivity index (χ4n) is 1.37. The van der Waals surface area contributed by atoms with Crippen LogP contribution in [0, 0.1) is 12.7 Å². The topological polar surface area (TPSA) is 61.0 Å². The molecule has 88 valence electrons. The molecule has 0 radical (unpaired) electrons. The molecule has 0 amide bonds. The smallest absolute Gasteiger partial charge is 0.242 e. The van der Waals surface area contributed by atoms with Crippen molar-refractivity contribution < 1.29 is 9.13 Å². The lowest BCUT2D eigenvalue weighted by molar-refractivity contribution is 0.450. The van der Waals surface area contributed by atoms with Crippen molar-refractivity contribution in [2.24, 2.45) is 5.73 Å². The average molecular weight is 233 g/mol. The molecule has 2 rings (SSSR count). The summed E-state index contributed by atoms with van der Waals surface area (Å²) in [6.07, 6.45) is 3.07. The van der Waals surface area contributed by atoms with Gasteiger partial charge in [0.2, 0.25) is 5.88 Å². The highest BCUT2D eigenvalue weighted by molar-refractivity contribution is 5.32. The zero-order valence-corrected chi connectivity index (χ0v) is 9.35. The van der Waals surface area contributed by atoms with Crippen molar-refractivity contribution in [2.45, 2.75) is 13.5 Å². The molecule has 1 heterocycles. The number of halogens is 1. The van der Waals surface area contributed by atoms with Gasteiger partial charge in [0.05, 0.1) is 0 Å². The van der Waals surface area contributed by atoms with Crippen molar-refractivity contribution in [3.8, 4) is 11.6 Å². The Hall–Kier alpha value is -2.01. The second kappa shape index (κ2) is 4.88. The van der Waals surface area contributed by atoms with Gasteiger partial charge in [-0.3, -0.25) is 4.98 Å². The average Bonchev–Trinajstić information content (AvgIpc) is 2.34. The van der Waals surface area contributed by atoms with E-state index in [1.807, 2.05) is 0 Å². The molecule has 1 aromatic carbocycles. The molecule has 0 bridgehead atoms. The molecule has 0 atom stereocenters. The van der Waals surface area contributed by atoms with Crippen molar-refractivity contribution in [1.82, 2.24) is 9.97 Å². The van der Waals surface area contributed by atoms with E-state index in [9.17, 15) is 4.39 Å². The number of ether oxygens (including phenoxy) is 1. The van der Waals surface area contributed by atoms with Gasteiger partial charge in [0, 0.05) is 18.9 Å². The molecule has 0 spiro atoms. The maximum atomic E-state index is 13.1. The highest BCUT2D eigenvalue weighted by Crippen LogP contribution is 2.23. The van der Waals surface area contributed by atoms with Crippen LogP contribution in [0.3, 0.4) is 0 Å². The van der Waals surface area contributed by atoms with E-state index in [2.05, 4.69) is 9.97 Å². The van der Waals surface area contributed by atoms with Gasteiger partial charge in [-0.1, -0.05) is 0 Å². The fourth-order valence-corrected chi connectivity index (χ4v) is 1.37. The van der Waals surface area contributed by atoms with Crippen LogP contribution in [0.4, 0.5) is 4.39 Å². The Morgan fingerprint density at radius 1 is 1.29 bits per heavy atom. The molecule has 5 heteroatoms. The number of aromatic nitrogens is 2. The normalized spacial score (nSPS) is 10.3. The number of rotatable bonds is 3. The molecule has 0 unspecified atom stereocenters. The summed E-state index contributed by atoms with van der Waals surface area (Å²) < 4.78 is 18.6. The summed E-state index contributed by atoms with van der Waals surface area (Å²) in [5.41, 5.74) is 6.59. The third-order valence-corrected chi connectivity index (χ3v) is 2.27. The van der Waals surface area contributed by atoms with Gasteiger partial charge in [-0.25, -0.2) is 9.37 Å². The molecule has 1 aromatic heterocycles. The van der Waals surface area contributed by atoms with Crippen LogP contribution in [-0.4, -0.2) is 9.97 Å². The molecular formula is C12H12FN3O. The van der Waals surface area contributed by atoms with Gasteiger partial charge in [0.15, 0.2) is 0 Å². The van der Waals surface area contributed by atoms with Crippen molar-refractivity contribution in [3.63, 3.8) is 0 Å². The number of nitrogens with two attached hydrogens (primary N) is 1. The Morgan fingerprint density at radius 2 is 2.06 bits per heavy atom. The quantitative estimate of drug-likeness (QED) is 0.882. The Bertz CT molecular complexity index is 531. The van der Waals surface area contributed by atoms with Crippen LogP contribution in [0.5, 0.6) is 11.6 Å². The molecular weight excluding hydrogens is 221 g/mol. The van der Waals surface area contributed by atoms with E-state index in [1.165, 1.54) is 18.3 Å². The molecule has 2 aromatic rings. The Kier molecular flexibility index (Phi) is 3.30. The van der Waals surface area contributed by atoms with Crippen molar-refractivity contribution in [2.75, 3.05) is 0 Å². The second-order valence-electron chi connectivity index (χ2n) is 3.53. The van der Waals surface area contributed by atoms with Gasteiger partial charge in [-0.2, -0.15) is 0 Å². The van der Waals surface area contributed by atoms with Crippen LogP contribution in [0.2, 0.25) is 0 Å². The minimum Gasteiger partial charge on any atom is -0.437 e. The van der Waals surface area contributed by atoms with Crippen LogP contribution in [0.1, 0.15) is 11.3 Å². The highest BCUT2D eigenvalue weighted by Gasteiger charge is 2.07. The van der Waals surface area contributed by atoms with E-state index in [4.69, 9.17) is 10.5 Å². The number of benzene rings is 1. The third-order valence-electron chi connectivity index (χ3n) is 2.27. The molecule has 0 saturated heterocycles. The van der Waals surface area contributed by atoms with E-state index in [0.29, 0.717) is 22.9 Å². The second-order valence-corrected chi connectivity index (χ2v) is 3.53. The van der Waals surface area contributed by atoms with Gasteiger partial charge in [-0.05, 0) is 30.7 Å². The molecule has 17 heavy (non-hydrogen) atoms. The predicted octanol–water partition coefficient (Wildman–Crippen LogP) is 2.18. The van der Waals surface area contributed by atoms with Crippen LogP contribution in [0.15, 0.2) is 30.6 Å². The lowest BCUT2D eigenvalue weighted by atomic mass is 10.2. The first kappa shape index (κ1) is 11.5. The molecule has 4 nitrogen and oxygen atoms in total. The Balaban J connectivity index is 2.28. The minimum atomic E-state index is -0.268. The molecule has 2 N–H and O–H groups in total. The summed E-state index contributed by atoms with van der Waals surface area (Å²) >= 11 is 0. The van der Waals surface area contributed by atoms with E-state index in [-0.39, 0.29) is 12.4 Å². The van der Waals surface area contributed by atoms with Gasteiger partial charge in [0.25, 0.3) is 0 Å². The summed E-state index contributed by atoms with van der Waals surface area (Å²) in [5.74, 6) is 0.593. The molecule has 0 saturated carbocycles. The molecule has 0 aliphatic carbocycles. The van der Waals surface area contributed by atoms with Crippen LogP contribution >= 0.6 is 0 Å². The van der Waals surface area contributed by atoms with Crippen molar-refractivity contribution >= 4 is 0 Å². The number of nitrogens with zero attached hydrogens (tertiary/aromatic N) is 2. The summed E-state index contributed by atoms with van der Waals surface area (Å²) in [7, 11) is 0. The monoisotopic (exact) mass is 233 g/mol. The van der Waals surface area contributed by atoms with Crippen LogP contribution < -0.4 is 10.5 Å². The maximum absolute atomic E-state index is 13.1. The third kappa shape index (κ3) is 2.57. The summed E-state index contributed by atoms with van der Waals surface area (Å²) in [4.78, 5) is 8.09. The van der Waals surface area contributed by atoms with E-state index >= 15 is 0 Å². The first-order valence-corrected chi connectivity index (χ1v) is 5.14. The van der Waals surface area contributed by atoms with Crippen molar-refractivity contribution in [1.29, 1.82) is 0 Å². The minimum absolute atomic E-state index is 0.239. The van der Waals surface area contributed by atoms with Gasteiger partial charge >= 0.3 is 0 Å². The summed E-state index contributed by atoms with van der Waals surface area (Å²) in [6, 6.07) is 4.49. The first-order chi connectivity index (χ1) is 8.20. The Labute approximate surface area is 98.3 Å². The van der Waals surface area contributed by atoms with E-state index in [0.717, 1.165) is 0 Å². The fraction of sp³-hybridized carbons (Fsp3) is 0.167. The molecule has 0 fully saturated rings. The SMILES string of the molecule is Cc1cc(Oc2nccnc2CN)ccc1F. The molecule has 0 aliphatic rings. The van der Waals surface area contributed by atoms with Crippen molar-refractivity contribution in [3.05, 3.63) is 47.7 Å².